The van der Waals surface area contributed by atoms with Gasteiger partial charge in [-0.2, -0.15) is 0 Å². The molecule has 1 fully saturated rings. The molecule has 1 aromatic carbocycles. The van der Waals surface area contributed by atoms with Gasteiger partial charge in [-0.1, -0.05) is 37.6 Å². The second kappa shape index (κ2) is 5.26. The SMILES string of the molecule is CCC1CCC(CN)(C(C)(O)c2ccccc2C)C1. The lowest BCUT2D eigenvalue weighted by molar-refractivity contribution is -0.0719. The third kappa shape index (κ3) is 2.32. The van der Waals surface area contributed by atoms with Crippen LogP contribution in [0.1, 0.15) is 50.7 Å². The van der Waals surface area contributed by atoms with Crippen molar-refractivity contribution in [1.29, 1.82) is 0 Å². The zero-order chi connectivity index (χ0) is 14.1. The van der Waals surface area contributed by atoms with Gasteiger partial charge < -0.3 is 10.8 Å². The van der Waals surface area contributed by atoms with Gasteiger partial charge in [-0.25, -0.2) is 0 Å². The molecule has 1 aromatic rings. The Morgan fingerprint density at radius 1 is 1.42 bits per heavy atom. The monoisotopic (exact) mass is 261 g/mol. The van der Waals surface area contributed by atoms with Gasteiger partial charge in [0.15, 0.2) is 0 Å². The van der Waals surface area contributed by atoms with Crippen LogP contribution in [0.25, 0.3) is 0 Å². The largest absolute Gasteiger partial charge is 0.385 e. The number of nitrogens with two attached hydrogens (primary N) is 1. The van der Waals surface area contributed by atoms with E-state index in [0.717, 1.165) is 24.0 Å². The van der Waals surface area contributed by atoms with Crippen LogP contribution >= 0.6 is 0 Å². The molecule has 106 valence electrons. The molecular formula is C17H27NO. The summed E-state index contributed by atoms with van der Waals surface area (Å²) < 4.78 is 0. The van der Waals surface area contributed by atoms with Crippen molar-refractivity contribution in [3.63, 3.8) is 0 Å². The lowest BCUT2D eigenvalue weighted by atomic mass is 9.66. The van der Waals surface area contributed by atoms with Crippen LogP contribution in [0.5, 0.6) is 0 Å². The minimum absolute atomic E-state index is 0.167. The Morgan fingerprint density at radius 3 is 2.63 bits per heavy atom. The summed E-state index contributed by atoms with van der Waals surface area (Å²) in [5, 5.41) is 11.3. The van der Waals surface area contributed by atoms with Gasteiger partial charge in [-0.05, 0) is 50.2 Å². The molecule has 19 heavy (non-hydrogen) atoms. The molecular weight excluding hydrogens is 234 g/mol. The number of aryl methyl sites for hydroxylation is 1. The molecule has 0 heterocycles. The molecule has 0 amide bonds. The molecule has 0 aromatic heterocycles. The summed E-state index contributed by atoms with van der Waals surface area (Å²) >= 11 is 0. The van der Waals surface area contributed by atoms with E-state index in [9.17, 15) is 5.11 Å². The van der Waals surface area contributed by atoms with Crippen molar-refractivity contribution in [3.05, 3.63) is 35.4 Å². The van der Waals surface area contributed by atoms with Crippen LogP contribution in [-0.2, 0) is 5.60 Å². The molecule has 0 aliphatic heterocycles. The maximum atomic E-state index is 11.3. The van der Waals surface area contributed by atoms with Gasteiger partial charge in [-0.15, -0.1) is 0 Å². The quantitative estimate of drug-likeness (QED) is 0.873. The lowest BCUT2D eigenvalue weighted by Gasteiger charge is -2.43. The van der Waals surface area contributed by atoms with Crippen molar-refractivity contribution < 1.29 is 5.11 Å². The second-order valence-corrected chi connectivity index (χ2v) is 6.39. The zero-order valence-electron chi connectivity index (χ0n) is 12.4. The minimum atomic E-state index is -0.836. The molecule has 0 radical (unpaired) electrons. The zero-order valence-corrected chi connectivity index (χ0v) is 12.4. The Bertz CT molecular complexity index is 441. The van der Waals surface area contributed by atoms with Crippen molar-refractivity contribution >= 4 is 0 Å². The Kier molecular flexibility index (Phi) is 4.03. The molecule has 3 unspecified atom stereocenters. The van der Waals surface area contributed by atoms with Gasteiger partial charge in [0, 0.05) is 12.0 Å². The van der Waals surface area contributed by atoms with Gasteiger partial charge >= 0.3 is 0 Å². The fourth-order valence-corrected chi connectivity index (χ4v) is 3.82. The molecule has 0 saturated heterocycles. The summed E-state index contributed by atoms with van der Waals surface area (Å²) in [6, 6.07) is 8.15. The molecule has 1 aliphatic carbocycles. The van der Waals surface area contributed by atoms with Crippen molar-refractivity contribution in [2.24, 2.45) is 17.1 Å². The number of rotatable bonds is 4. The average Bonchev–Trinajstić information content (AvgIpc) is 2.84. The van der Waals surface area contributed by atoms with E-state index in [1.54, 1.807) is 0 Å². The molecule has 3 atom stereocenters. The fourth-order valence-electron chi connectivity index (χ4n) is 3.82. The van der Waals surface area contributed by atoms with E-state index in [0.29, 0.717) is 12.5 Å². The highest BCUT2D eigenvalue weighted by Gasteiger charge is 2.51. The van der Waals surface area contributed by atoms with Gasteiger partial charge in [0.05, 0.1) is 5.60 Å². The molecule has 2 heteroatoms. The third-order valence-electron chi connectivity index (χ3n) is 5.38. The van der Waals surface area contributed by atoms with Crippen LogP contribution in [0.15, 0.2) is 24.3 Å². The molecule has 2 nitrogen and oxygen atoms in total. The number of hydrogen-bond donors (Lipinski definition) is 2. The first-order valence-electron chi connectivity index (χ1n) is 7.45. The van der Waals surface area contributed by atoms with Gasteiger partial charge in [0.1, 0.15) is 0 Å². The smallest absolute Gasteiger partial charge is 0.0939 e. The van der Waals surface area contributed by atoms with E-state index in [1.807, 2.05) is 25.1 Å². The van der Waals surface area contributed by atoms with Crippen LogP contribution in [0.2, 0.25) is 0 Å². The summed E-state index contributed by atoms with van der Waals surface area (Å²) in [6.07, 6.45) is 4.45. The van der Waals surface area contributed by atoms with E-state index >= 15 is 0 Å². The summed E-state index contributed by atoms with van der Waals surface area (Å²) in [5.41, 5.74) is 7.29. The molecule has 3 N–H and O–H groups in total. The highest BCUT2D eigenvalue weighted by molar-refractivity contribution is 5.33. The first-order chi connectivity index (χ1) is 8.97. The standard InChI is InChI=1S/C17H27NO/c1-4-14-9-10-17(11-14,12-18)16(3,19)15-8-6-5-7-13(15)2/h5-8,14,19H,4,9-12,18H2,1-3H3. The Morgan fingerprint density at radius 2 is 2.11 bits per heavy atom. The average molecular weight is 261 g/mol. The van der Waals surface area contributed by atoms with Crippen LogP contribution < -0.4 is 5.73 Å². The summed E-state index contributed by atoms with van der Waals surface area (Å²) in [5.74, 6) is 0.707. The Hall–Kier alpha value is -0.860. The van der Waals surface area contributed by atoms with E-state index in [1.165, 1.54) is 12.8 Å². The molecule has 1 aliphatic rings. The highest BCUT2D eigenvalue weighted by Crippen LogP contribution is 2.53. The normalized spacial score (nSPS) is 30.3. The van der Waals surface area contributed by atoms with Crippen molar-refractivity contribution in [1.82, 2.24) is 0 Å². The second-order valence-electron chi connectivity index (χ2n) is 6.39. The van der Waals surface area contributed by atoms with E-state index in [-0.39, 0.29) is 5.41 Å². The number of benzene rings is 1. The molecule has 0 bridgehead atoms. The maximum absolute atomic E-state index is 11.3. The first-order valence-corrected chi connectivity index (χ1v) is 7.45. The van der Waals surface area contributed by atoms with E-state index in [4.69, 9.17) is 5.73 Å². The lowest BCUT2D eigenvalue weighted by Crippen LogP contribution is -2.47. The fraction of sp³-hybridized carbons (Fsp3) is 0.647. The summed E-state index contributed by atoms with van der Waals surface area (Å²) in [4.78, 5) is 0. The van der Waals surface area contributed by atoms with Gasteiger partial charge in [-0.3, -0.25) is 0 Å². The maximum Gasteiger partial charge on any atom is 0.0939 e. The Balaban J connectivity index is 2.40. The van der Waals surface area contributed by atoms with Gasteiger partial charge in [0.25, 0.3) is 0 Å². The van der Waals surface area contributed by atoms with Crippen LogP contribution in [0.4, 0.5) is 0 Å². The van der Waals surface area contributed by atoms with Crippen LogP contribution in [0, 0.1) is 18.3 Å². The predicted molar refractivity (Wildman–Crippen MR) is 79.9 cm³/mol. The summed E-state index contributed by atoms with van der Waals surface area (Å²) in [7, 11) is 0. The predicted octanol–water partition coefficient (Wildman–Crippen LogP) is 3.36. The van der Waals surface area contributed by atoms with Gasteiger partial charge in [0.2, 0.25) is 0 Å². The highest BCUT2D eigenvalue weighted by atomic mass is 16.3. The van der Waals surface area contributed by atoms with Crippen LogP contribution in [0.3, 0.4) is 0 Å². The third-order valence-corrected chi connectivity index (χ3v) is 5.38. The van der Waals surface area contributed by atoms with E-state index < -0.39 is 5.60 Å². The topological polar surface area (TPSA) is 46.2 Å². The first kappa shape index (κ1) is 14.5. The number of hydrogen-bond acceptors (Lipinski definition) is 2. The van der Waals surface area contributed by atoms with E-state index in [2.05, 4.69) is 19.9 Å². The minimum Gasteiger partial charge on any atom is -0.385 e. The van der Waals surface area contributed by atoms with Crippen molar-refractivity contribution in [3.8, 4) is 0 Å². The molecule has 2 rings (SSSR count). The molecule has 0 spiro atoms. The van der Waals surface area contributed by atoms with Crippen LogP contribution in [-0.4, -0.2) is 11.7 Å². The molecule has 1 saturated carbocycles. The van der Waals surface area contributed by atoms with Crippen molar-refractivity contribution in [2.45, 2.75) is 52.1 Å². The number of aliphatic hydroxyl groups is 1. The summed E-state index contributed by atoms with van der Waals surface area (Å²) in [6.45, 7) is 6.82. The van der Waals surface area contributed by atoms with Crippen molar-refractivity contribution in [2.75, 3.05) is 6.54 Å². The Labute approximate surface area is 117 Å².